The molecule has 4 rings (SSSR count). The number of aromatic nitrogens is 1. The molecule has 1 atom stereocenters. The first-order valence-electron chi connectivity index (χ1n) is 9.46. The second kappa shape index (κ2) is 8.39. The van der Waals surface area contributed by atoms with E-state index in [-0.39, 0.29) is 18.8 Å². The fourth-order valence-electron chi connectivity index (χ4n) is 3.49. The fourth-order valence-corrected chi connectivity index (χ4v) is 3.49. The molecule has 1 unspecified atom stereocenters. The second-order valence-corrected chi connectivity index (χ2v) is 6.92. The van der Waals surface area contributed by atoms with E-state index in [1.54, 1.807) is 6.20 Å². The lowest BCUT2D eigenvalue weighted by atomic mass is 10.1. The van der Waals surface area contributed by atoms with Crippen molar-refractivity contribution in [2.45, 2.75) is 38.4 Å². The van der Waals surface area contributed by atoms with Crippen molar-refractivity contribution < 1.29 is 19.0 Å². The maximum Gasteiger partial charge on any atom is 0.231 e. The summed E-state index contributed by atoms with van der Waals surface area (Å²) in [7, 11) is 0. The van der Waals surface area contributed by atoms with Crippen LogP contribution in [0.4, 0.5) is 0 Å². The molecule has 0 aliphatic carbocycles. The largest absolute Gasteiger partial charge is 0.454 e. The Morgan fingerprint density at radius 2 is 2.15 bits per heavy atom. The van der Waals surface area contributed by atoms with Crippen molar-refractivity contribution >= 4 is 5.91 Å². The Morgan fingerprint density at radius 1 is 1.22 bits per heavy atom. The summed E-state index contributed by atoms with van der Waals surface area (Å²) < 4.78 is 16.7. The fraction of sp³-hybridized carbons (Fsp3) is 0.429. The minimum absolute atomic E-state index is 0.0789. The summed E-state index contributed by atoms with van der Waals surface area (Å²) in [6.45, 7) is 2.23. The monoisotopic (exact) mass is 368 g/mol. The summed E-state index contributed by atoms with van der Waals surface area (Å²) in [6, 6.07) is 11.7. The van der Waals surface area contributed by atoms with E-state index in [4.69, 9.17) is 14.2 Å². The van der Waals surface area contributed by atoms with Crippen LogP contribution in [0.25, 0.3) is 0 Å². The number of rotatable bonds is 6. The summed E-state index contributed by atoms with van der Waals surface area (Å²) in [5, 5.41) is 0. The van der Waals surface area contributed by atoms with E-state index in [9.17, 15) is 4.79 Å². The Kier molecular flexibility index (Phi) is 5.53. The quantitative estimate of drug-likeness (QED) is 0.785. The third kappa shape index (κ3) is 4.57. The number of carbonyl (C=O) groups is 1. The van der Waals surface area contributed by atoms with Gasteiger partial charge in [0, 0.05) is 25.7 Å². The van der Waals surface area contributed by atoms with Crippen molar-refractivity contribution in [2.24, 2.45) is 0 Å². The van der Waals surface area contributed by atoms with Gasteiger partial charge in [-0.3, -0.25) is 9.78 Å². The molecule has 27 heavy (non-hydrogen) atoms. The number of carbonyl (C=O) groups excluding carboxylic acids is 1. The molecule has 3 heterocycles. The standard InChI is InChI=1S/C21H24N2O4/c24-21(9-7-16-6-8-19-20(12-16)27-15-26-19)23-11-3-5-18(13-23)25-14-17-4-1-2-10-22-17/h1-2,4,6,8,10,12,18H,3,5,7,9,11,13-15H2. The van der Waals surface area contributed by atoms with Gasteiger partial charge in [-0.2, -0.15) is 0 Å². The van der Waals surface area contributed by atoms with Gasteiger partial charge in [-0.1, -0.05) is 12.1 Å². The van der Waals surface area contributed by atoms with E-state index in [1.807, 2.05) is 41.3 Å². The van der Waals surface area contributed by atoms with E-state index < -0.39 is 0 Å². The number of ether oxygens (including phenoxy) is 3. The first-order valence-corrected chi connectivity index (χ1v) is 9.46. The molecule has 0 bridgehead atoms. The van der Waals surface area contributed by atoms with Crippen LogP contribution in [0.2, 0.25) is 0 Å². The van der Waals surface area contributed by atoms with Gasteiger partial charge in [0.2, 0.25) is 12.7 Å². The number of hydrogen-bond acceptors (Lipinski definition) is 5. The molecule has 6 heteroatoms. The summed E-state index contributed by atoms with van der Waals surface area (Å²) in [5.74, 6) is 1.72. The zero-order valence-corrected chi connectivity index (χ0v) is 15.3. The molecule has 1 aromatic carbocycles. The number of pyridine rings is 1. The van der Waals surface area contributed by atoms with Gasteiger partial charge in [-0.05, 0) is 49.1 Å². The van der Waals surface area contributed by atoms with Crippen molar-refractivity contribution in [1.29, 1.82) is 0 Å². The van der Waals surface area contributed by atoms with E-state index in [0.717, 1.165) is 42.1 Å². The Hall–Kier alpha value is -2.60. The molecule has 142 valence electrons. The second-order valence-electron chi connectivity index (χ2n) is 6.92. The van der Waals surface area contributed by atoms with Crippen molar-refractivity contribution in [3.63, 3.8) is 0 Å². The number of piperidine rings is 1. The lowest BCUT2D eigenvalue weighted by Crippen LogP contribution is -2.43. The van der Waals surface area contributed by atoms with Crippen molar-refractivity contribution in [3.8, 4) is 11.5 Å². The van der Waals surface area contributed by atoms with Gasteiger partial charge < -0.3 is 19.1 Å². The average molecular weight is 368 g/mol. The van der Waals surface area contributed by atoms with Gasteiger partial charge in [0.1, 0.15) is 0 Å². The number of likely N-dealkylation sites (tertiary alicyclic amines) is 1. The van der Waals surface area contributed by atoms with Crippen LogP contribution in [0.5, 0.6) is 11.5 Å². The van der Waals surface area contributed by atoms with Crippen molar-refractivity contribution in [2.75, 3.05) is 19.9 Å². The average Bonchev–Trinajstić information content (AvgIpc) is 3.19. The predicted octanol–water partition coefficient (Wildman–Crippen LogP) is 2.95. The molecule has 2 aliphatic heterocycles. The highest BCUT2D eigenvalue weighted by Crippen LogP contribution is 2.32. The molecule has 2 aromatic rings. The van der Waals surface area contributed by atoms with Crippen LogP contribution in [0.15, 0.2) is 42.6 Å². The SMILES string of the molecule is O=C(CCc1ccc2c(c1)OCO2)N1CCCC(OCc2ccccn2)C1. The molecule has 1 saturated heterocycles. The minimum atomic E-state index is 0.0789. The number of fused-ring (bicyclic) bond motifs is 1. The lowest BCUT2D eigenvalue weighted by molar-refractivity contribution is -0.135. The predicted molar refractivity (Wildman–Crippen MR) is 99.5 cm³/mol. The molecule has 1 aromatic heterocycles. The third-order valence-corrected chi connectivity index (χ3v) is 4.99. The first-order chi connectivity index (χ1) is 13.3. The van der Waals surface area contributed by atoms with Gasteiger partial charge in [0.05, 0.1) is 18.4 Å². The van der Waals surface area contributed by atoms with Gasteiger partial charge in [-0.15, -0.1) is 0 Å². The molecule has 0 N–H and O–H groups in total. The van der Waals surface area contributed by atoms with E-state index >= 15 is 0 Å². The Bertz CT molecular complexity index is 781. The molecule has 0 saturated carbocycles. The van der Waals surface area contributed by atoms with Crippen LogP contribution in [-0.2, 0) is 22.6 Å². The van der Waals surface area contributed by atoms with E-state index in [0.29, 0.717) is 26.0 Å². The minimum Gasteiger partial charge on any atom is -0.454 e. The number of nitrogens with zero attached hydrogens (tertiary/aromatic N) is 2. The Morgan fingerprint density at radius 3 is 3.04 bits per heavy atom. The zero-order valence-electron chi connectivity index (χ0n) is 15.3. The maximum absolute atomic E-state index is 12.6. The molecule has 1 fully saturated rings. The van der Waals surface area contributed by atoms with Crippen molar-refractivity contribution in [3.05, 3.63) is 53.9 Å². The smallest absolute Gasteiger partial charge is 0.231 e. The molecule has 6 nitrogen and oxygen atoms in total. The zero-order chi connectivity index (χ0) is 18.5. The van der Waals surface area contributed by atoms with Crippen LogP contribution in [0.3, 0.4) is 0 Å². The first kappa shape index (κ1) is 17.8. The van der Waals surface area contributed by atoms with E-state index in [1.165, 1.54) is 0 Å². The maximum atomic E-state index is 12.6. The van der Waals surface area contributed by atoms with E-state index in [2.05, 4.69) is 4.98 Å². The summed E-state index contributed by atoms with van der Waals surface area (Å²) in [5.41, 5.74) is 2.01. The molecule has 0 spiro atoms. The highest BCUT2D eigenvalue weighted by Gasteiger charge is 2.24. The number of hydrogen-bond donors (Lipinski definition) is 0. The number of amides is 1. The van der Waals surface area contributed by atoms with Gasteiger partial charge in [0.25, 0.3) is 0 Å². The molecule has 1 amide bonds. The van der Waals surface area contributed by atoms with Gasteiger partial charge >= 0.3 is 0 Å². The molecular weight excluding hydrogens is 344 g/mol. The Labute approximate surface area is 159 Å². The van der Waals surface area contributed by atoms with Gasteiger partial charge in [-0.25, -0.2) is 0 Å². The normalized spacial score (nSPS) is 18.5. The highest BCUT2D eigenvalue weighted by molar-refractivity contribution is 5.76. The summed E-state index contributed by atoms with van der Waals surface area (Å²) in [4.78, 5) is 18.8. The van der Waals surface area contributed by atoms with Crippen LogP contribution in [0.1, 0.15) is 30.5 Å². The summed E-state index contributed by atoms with van der Waals surface area (Å²) >= 11 is 0. The molecule has 2 aliphatic rings. The Balaban J connectivity index is 1.25. The van der Waals surface area contributed by atoms with Crippen LogP contribution < -0.4 is 9.47 Å². The lowest BCUT2D eigenvalue weighted by Gasteiger charge is -2.32. The molecule has 0 radical (unpaired) electrons. The number of benzene rings is 1. The van der Waals surface area contributed by atoms with Crippen LogP contribution >= 0.6 is 0 Å². The van der Waals surface area contributed by atoms with Crippen molar-refractivity contribution in [1.82, 2.24) is 9.88 Å². The van der Waals surface area contributed by atoms with Gasteiger partial charge in [0.15, 0.2) is 11.5 Å². The van der Waals surface area contributed by atoms with Crippen LogP contribution in [-0.4, -0.2) is 41.8 Å². The molecular formula is C21H24N2O4. The topological polar surface area (TPSA) is 60.9 Å². The number of aryl methyl sites for hydroxylation is 1. The highest BCUT2D eigenvalue weighted by atomic mass is 16.7. The summed E-state index contributed by atoms with van der Waals surface area (Å²) in [6.07, 6.45) is 5.00. The third-order valence-electron chi connectivity index (χ3n) is 4.99. The van der Waals surface area contributed by atoms with Crippen LogP contribution in [0, 0.1) is 0 Å².